The maximum Gasteiger partial charge on any atom is 0.239 e. The quantitative estimate of drug-likeness (QED) is 0.814. The number of pyridine rings is 1. The third-order valence-corrected chi connectivity index (χ3v) is 2.70. The SMILES string of the molecule is CCCCC(N)C(=O)N(C)Cc1cccnc1. The summed E-state index contributed by atoms with van der Waals surface area (Å²) in [6.45, 7) is 2.66. The lowest BCUT2D eigenvalue weighted by Crippen LogP contribution is -2.41. The summed E-state index contributed by atoms with van der Waals surface area (Å²) in [6, 6.07) is 3.44. The van der Waals surface area contributed by atoms with E-state index in [9.17, 15) is 4.79 Å². The van der Waals surface area contributed by atoms with Gasteiger partial charge in [0, 0.05) is 26.0 Å². The average Bonchev–Trinajstić information content (AvgIpc) is 2.36. The van der Waals surface area contributed by atoms with Crippen LogP contribution >= 0.6 is 0 Å². The highest BCUT2D eigenvalue weighted by Crippen LogP contribution is 2.05. The predicted octanol–water partition coefficient (Wildman–Crippen LogP) is 1.56. The maximum atomic E-state index is 11.9. The highest BCUT2D eigenvalue weighted by molar-refractivity contribution is 5.81. The molecule has 94 valence electrons. The van der Waals surface area contributed by atoms with Gasteiger partial charge in [-0.1, -0.05) is 25.8 Å². The van der Waals surface area contributed by atoms with Crippen molar-refractivity contribution in [3.63, 3.8) is 0 Å². The van der Waals surface area contributed by atoms with Crippen molar-refractivity contribution in [3.8, 4) is 0 Å². The van der Waals surface area contributed by atoms with E-state index >= 15 is 0 Å². The second kappa shape index (κ2) is 7.01. The number of carbonyl (C=O) groups excluding carboxylic acids is 1. The Morgan fingerprint density at radius 1 is 1.59 bits per heavy atom. The van der Waals surface area contributed by atoms with Crippen LogP contribution in [0.25, 0.3) is 0 Å². The van der Waals surface area contributed by atoms with Gasteiger partial charge in [-0.3, -0.25) is 9.78 Å². The summed E-state index contributed by atoms with van der Waals surface area (Å²) in [6.07, 6.45) is 6.30. The Kier molecular flexibility index (Phi) is 5.63. The molecular formula is C13H21N3O. The monoisotopic (exact) mass is 235 g/mol. The van der Waals surface area contributed by atoms with Crippen LogP contribution in [0.1, 0.15) is 31.7 Å². The van der Waals surface area contributed by atoms with E-state index in [1.165, 1.54) is 0 Å². The number of amides is 1. The van der Waals surface area contributed by atoms with Crippen LogP contribution in [0.15, 0.2) is 24.5 Å². The molecule has 4 nitrogen and oxygen atoms in total. The van der Waals surface area contributed by atoms with Gasteiger partial charge < -0.3 is 10.6 Å². The molecule has 0 aliphatic heterocycles. The summed E-state index contributed by atoms with van der Waals surface area (Å²) in [5.74, 6) is 0.00213. The van der Waals surface area contributed by atoms with Crippen molar-refractivity contribution in [3.05, 3.63) is 30.1 Å². The smallest absolute Gasteiger partial charge is 0.239 e. The molecule has 1 aromatic rings. The molecule has 1 heterocycles. The second-order valence-corrected chi connectivity index (χ2v) is 4.30. The van der Waals surface area contributed by atoms with Crippen molar-refractivity contribution in [2.45, 2.75) is 38.8 Å². The molecule has 0 bridgehead atoms. The average molecular weight is 235 g/mol. The summed E-state index contributed by atoms with van der Waals surface area (Å²) >= 11 is 0. The van der Waals surface area contributed by atoms with E-state index in [2.05, 4.69) is 11.9 Å². The van der Waals surface area contributed by atoms with Crippen molar-refractivity contribution in [1.82, 2.24) is 9.88 Å². The van der Waals surface area contributed by atoms with Crippen LogP contribution in [0.3, 0.4) is 0 Å². The van der Waals surface area contributed by atoms with E-state index in [-0.39, 0.29) is 11.9 Å². The summed E-state index contributed by atoms with van der Waals surface area (Å²) in [5.41, 5.74) is 6.87. The molecule has 1 amide bonds. The molecule has 0 aliphatic carbocycles. The topological polar surface area (TPSA) is 59.2 Å². The number of aromatic nitrogens is 1. The third-order valence-electron chi connectivity index (χ3n) is 2.70. The van der Waals surface area contributed by atoms with Gasteiger partial charge in [0.05, 0.1) is 6.04 Å². The lowest BCUT2D eigenvalue weighted by atomic mass is 10.1. The van der Waals surface area contributed by atoms with Gasteiger partial charge in [-0.15, -0.1) is 0 Å². The molecule has 0 aliphatic rings. The van der Waals surface area contributed by atoms with Crippen LogP contribution in [0.4, 0.5) is 0 Å². The number of unbranched alkanes of at least 4 members (excludes halogenated alkanes) is 1. The number of rotatable bonds is 6. The van der Waals surface area contributed by atoms with Gasteiger partial charge in [0.25, 0.3) is 0 Å². The summed E-state index contributed by atoms with van der Waals surface area (Å²) in [4.78, 5) is 17.6. The van der Waals surface area contributed by atoms with Crippen LogP contribution < -0.4 is 5.73 Å². The van der Waals surface area contributed by atoms with Crippen molar-refractivity contribution < 1.29 is 4.79 Å². The van der Waals surface area contributed by atoms with Gasteiger partial charge in [-0.05, 0) is 18.1 Å². The Morgan fingerprint density at radius 3 is 2.94 bits per heavy atom. The number of nitrogens with zero attached hydrogens (tertiary/aromatic N) is 2. The second-order valence-electron chi connectivity index (χ2n) is 4.30. The van der Waals surface area contributed by atoms with Crippen LogP contribution in [0.2, 0.25) is 0 Å². The first-order valence-corrected chi connectivity index (χ1v) is 6.04. The molecule has 1 unspecified atom stereocenters. The van der Waals surface area contributed by atoms with Crippen LogP contribution in [-0.2, 0) is 11.3 Å². The van der Waals surface area contributed by atoms with E-state index in [1.54, 1.807) is 24.3 Å². The molecule has 17 heavy (non-hydrogen) atoms. The molecule has 0 saturated heterocycles. The Hall–Kier alpha value is -1.42. The molecule has 0 aromatic carbocycles. The van der Waals surface area contributed by atoms with Gasteiger partial charge >= 0.3 is 0 Å². The van der Waals surface area contributed by atoms with E-state index in [4.69, 9.17) is 5.73 Å². The number of hydrogen-bond acceptors (Lipinski definition) is 3. The van der Waals surface area contributed by atoms with E-state index in [0.29, 0.717) is 6.54 Å². The zero-order valence-electron chi connectivity index (χ0n) is 10.6. The predicted molar refractivity (Wildman–Crippen MR) is 68.2 cm³/mol. The zero-order chi connectivity index (χ0) is 12.7. The fourth-order valence-corrected chi connectivity index (χ4v) is 1.67. The van der Waals surface area contributed by atoms with E-state index in [1.807, 2.05) is 12.1 Å². The highest BCUT2D eigenvalue weighted by atomic mass is 16.2. The lowest BCUT2D eigenvalue weighted by molar-refractivity contribution is -0.132. The molecule has 1 atom stereocenters. The maximum absolute atomic E-state index is 11.9. The number of likely N-dealkylation sites (N-methyl/N-ethyl adjacent to an activating group) is 1. The van der Waals surface area contributed by atoms with Gasteiger partial charge in [-0.2, -0.15) is 0 Å². The van der Waals surface area contributed by atoms with Crippen LogP contribution in [0, 0.1) is 0 Å². The largest absolute Gasteiger partial charge is 0.340 e. The zero-order valence-corrected chi connectivity index (χ0v) is 10.6. The molecular weight excluding hydrogens is 214 g/mol. The Balaban J connectivity index is 2.47. The summed E-state index contributed by atoms with van der Waals surface area (Å²) < 4.78 is 0. The fraction of sp³-hybridized carbons (Fsp3) is 0.538. The molecule has 0 spiro atoms. The summed E-state index contributed by atoms with van der Waals surface area (Å²) in [7, 11) is 1.78. The van der Waals surface area contributed by atoms with Gasteiger partial charge in [0.1, 0.15) is 0 Å². The highest BCUT2D eigenvalue weighted by Gasteiger charge is 2.17. The summed E-state index contributed by atoms with van der Waals surface area (Å²) in [5, 5.41) is 0. The third kappa shape index (κ3) is 4.53. The minimum Gasteiger partial charge on any atom is -0.340 e. The van der Waals surface area contributed by atoms with Crippen molar-refractivity contribution in [2.24, 2.45) is 5.73 Å². The minimum atomic E-state index is -0.378. The Labute approximate surface area is 103 Å². The van der Waals surface area contributed by atoms with E-state index < -0.39 is 0 Å². The van der Waals surface area contributed by atoms with Gasteiger partial charge in [0.15, 0.2) is 0 Å². The van der Waals surface area contributed by atoms with E-state index in [0.717, 1.165) is 24.8 Å². The first-order chi connectivity index (χ1) is 8.15. The van der Waals surface area contributed by atoms with Crippen molar-refractivity contribution in [2.75, 3.05) is 7.05 Å². The molecule has 0 radical (unpaired) electrons. The number of hydrogen-bond donors (Lipinski definition) is 1. The van der Waals surface area contributed by atoms with Crippen molar-refractivity contribution >= 4 is 5.91 Å². The van der Waals surface area contributed by atoms with Crippen LogP contribution in [-0.4, -0.2) is 28.9 Å². The Bertz CT molecular complexity index is 340. The minimum absolute atomic E-state index is 0.00213. The van der Waals surface area contributed by atoms with Gasteiger partial charge in [-0.25, -0.2) is 0 Å². The lowest BCUT2D eigenvalue weighted by Gasteiger charge is -2.21. The molecule has 1 rings (SSSR count). The number of nitrogens with two attached hydrogens (primary N) is 1. The van der Waals surface area contributed by atoms with Crippen LogP contribution in [0.5, 0.6) is 0 Å². The van der Waals surface area contributed by atoms with Gasteiger partial charge in [0.2, 0.25) is 5.91 Å². The normalized spacial score (nSPS) is 12.2. The standard InChI is InChI=1S/C13H21N3O/c1-3-4-7-12(14)13(17)16(2)10-11-6-5-8-15-9-11/h5-6,8-9,12H,3-4,7,10,14H2,1-2H3. The molecule has 1 aromatic heterocycles. The number of carbonyl (C=O) groups is 1. The molecule has 0 fully saturated rings. The first kappa shape index (κ1) is 13.6. The van der Waals surface area contributed by atoms with Crippen molar-refractivity contribution in [1.29, 1.82) is 0 Å². The Morgan fingerprint density at radius 2 is 2.35 bits per heavy atom. The molecule has 0 saturated carbocycles. The fourth-order valence-electron chi connectivity index (χ4n) is 1.67. The molecule has 2 N–H and O–H groups in total. The molecule has 4 heteroatoms. The first-order valence-electron chi connectivity index (χ1n) is 6.04.